The van der Waals surface area contributed by atoms with Crippen LogP contribution in [0.1, 0.15) is 90.3 Å². The number of H-pyrrole nitrogens is 1. The molecule has 1 aromatic heterocycles. The van der Waals surface area contributed by atoms with Gasteiger partial charge in [-0.2, -0.15) is 0 Å². The fourth-order valence-electron chi connectivity index (χ4n) is 6.96. The minimum absolute atomic E-state index is 0.0200. The molecule has 3 aliphatic rings. The van der Waals surface area contributed by atoms with E-state index in [1.54, 1.807) is 18.2 Å². The van der Waals surface area contributed by atoms with Crippen LogP contribution in [0.25, 0.3) is 21.7 Å². The van der Waals surface area contributed by atoms with E-state index in [2.05, 4.69) is 9.97 Å². The van der Waals surface area contributed by atoms with Gasteiger partial charge in [-0.1, -0.05) is 43.2 Å². The molecule has 2 aliphatic carbocycles. The minimum Gasteiger partial charge on any atom is -0.495 e. The van der Waals surface area contributed by atoms with Crippen molar-refractivity contribution in [2.45, 2.75) is 37.5 Å². The number of benzene rings is 4. The molecular formula is C35H25N3O6. The lowest BCUT2D eigenvalue weighted by Crippen LogP contribution is -2.29. The molecule has 9 nitrogen and oxygen atoms in total. The molecule has 0 saturated heterocycles. The number of fused-ring (bicyclic) bond motifs is 4. The molecule has 0 radical (unpaired) electrons. The Morgan fingerprint density at radius 3 is 2.05 bits per heavy atom. The first-order chi connectivity index (χ1) is 21.3. The van der Waals surface area contributed by atoms with Gasteiger partial charge >= 0.3 is 0 Å². The van der Waals surface area contributed by atoms with Crippen LogP contribution in [-0.4, -0.2) is 40.5 Å². The Balaban J connectivity index is 1.16. The highest BCUT2D eigenvalue weighted by atomic mass is 16.5. The van der Waals surface area contributed by atoms with Crippen LogP contribution in [0.3, 0.4) is 0 Å². The van der Waals surface area contributed by atoms with E-state index in [0.717, 1.165) is 34.1 Å². The van der Waals surface area contributed by atoms with Gasteiger partial charge in [0.1, 0.15) is 17.5 Å². The number of rotatable bonds is 4. The average Bonchev–Trinajstić information content (AvgIpc) is 3.72. The van der Waals surface area contributed by atoms with Gasteiger partial charge in [0.15, 0.2) is 11.6 Å². The Hall–Kier alpha value is -5.44. The van der Waals surface area contributed by atoms with Crippen molar-refractivity contribution in [1.29, 1.82) is 0 Å². The molecule has 1 aliphatic heterocycles. The molecule has 1 saturated carbocycles. The third-order valence-corrected chi connectivity index (χ3v) is 9.22. The van der Waals surface area contributed by atoms with Crippen molar-refractivity contribution in [3.05, 3.63) is 111 Å². The van der Waals surface area contributed by atoms with E-state index >= 15 is 0 Å². The molecule has 1 N–H and O–H groups in total. The zero-order valence-electron chi connectivity index (χ0n) is 23.7. The Morgan fingerprint density at radius 1 is 0.773 bits per heavy atom. The number of ketones is 2. The van der Waals surface area contributed by atoms with Crippen LogP contribution >= 0.6 is 0 Å². The second kappa shape index (κ2) is 9.54. The summed E-state index contributed by atoms with van der Waals surface area (Å²) in [7, 11) is 1.50. The Labute approximate surface area is 250 Å². The first-order valence-corrected chi connectivity index (χ1v) is 14.6. The topological polar surface area (TPSA) is 126 Å². The second-order valence-corrected chi connectivity index (χ2v) is 11.6. The molecule has 0 unspecified atom stereocenters. The molecule has 2 heterocycles. The van der Waals surface area contributed by atoms with Crippen LogP contribution in [0, 0.1) is 0 Å². The van der Waals surface area contributed by atoms with Gasteiger partial charge in [0, 0.05) is 11.1 Å². The van der Waals surface area contributed by atoms with E-state index in [9.17, 15) is 24.0 Å². The summed E-state index contributed by atoms with van der Waals surface area (Å²) < 4.78 is 5.60. The quantitative estimate of drug-likeness (QED) is 0.163. The summed E-state index contributed by atoms with van der Waals surface area (Å²) in [4.78, 5) is 75.8. The van der Waals surface area contributed by atoms with Gasteiger partial charge < -0.3 is 9.72 Å². The Bertz CT molecular complexity index is 2140. The predicted octanol–water partition coefficient (Wildman–Crippen LogP) is 5.71. The maximum Gasteiger partial charge on any atom is 0.266 e. The monoisotopic (exact) mass is 583 g/mol. The van der Waals surface area contributed by atoms with Crippen molar-refractivity contribution in [2.75, 3.05) is 12.0 Å². The maximum absolute atomic E-state index is 13.7. The summed E-state index contributed by atoms with van der Waals surface area (Å²) >= 11 is 0. The summed E-state index contributed by atoms with van der Waals surface area (Å²) in [5, 5.41) is 2.06. The zero-order valence-corrected chi connectivity index (χ0v) is 23.7. The molecular weight excluding hydrogens is 558 g/mol. The molecule has 8 rings (SSSR count). The number of aromatic amines is 1. The van der Waals surface area contributed by atoms with Gasteiger partial charge in [0.25, 0.3) is 17.4 Å². The van der Waals surface area contributed by atoms with Crippen molar-refractivity contribution in [3.8, 4) is 5.75 Å². The number of carbonyl (C=O) groups excluding carboxylic acids is 4. The molecule has 9 heteroatoms. The standard InChI is InChI=1S/C35H25N3O6/c1-44-28-14-20(17-6-2-3-7-17)10-11-27(28)38-34(42)23-15-21-22(16-24(23)35(38)43)31(40)29(30(21)39)32-36-26-13-19-9-5-4-8-18(19)12-25(26)33(41)37-32/h4-5,8-17,29H,2-3,6-7H2,1H3,(H,36,37,41). The lowest BCUT2D eigenvalue weighted by molar-refractivity contribution is 0.0882. The van der Waals surface area contributed by atoms with E-state index in [1.165, 1.54) is 32.1 Å². The minimum atomic E-state index is -1.39. The Kier molecular flexibility index (Phi) is 5.68. The van der Waals surface area contributed by atoms with Gasteiger partial charge in [-0.15, -0.1) is 0 Å². The van der Waals surface area contributed by atoms with Crippen molar-refractivity contribution in [3.63, 3.8) is 0 Å². The van der Waals surface area contributed by atoms with Crippen LogP contribution < -0.4 is 15.2 Å². The average molecular weight is 584 g/mol. The first kappa shape index (κ1) is 26.2. The number of nitrogens with one attached hydrogen (secondary N) is 1. The van der Waals surface area contributed by atoms with Crippen molar-refractivity contribution in [2.24, 2.45) is 0 Å². The van der Waals surface area contributed by atoms with Crippen molar-refractivity contribution in [1.82, 2.24) is 9.97 Å². The number of hydrogen-bond acceptors (Lipinski definition) is 7. The van der Waals surface area contributed by atoms with Crippen LogP contribution in [0.4, 0.5) is 5.69 Å². The van der Waals surface area contributed by atoms with Crippen LogP contribution in [0.2, 0.25) is 0 Å². The highest BCUT2D eigenvalue weighted by molar-refractivity contribution is 6.37. The number of amides is 2. The molecule has 4 aromatic carbocycles. The van der Waals surface area contributed by atoms with Crippen LogP contribution in [0.15, 0.2) is 71.5 Å². The molecule has 0 spiro atoms. The third kappa shape index (κ3) is 3.71. The molecule has 0 bridgehead atoms. The SMILES string of the molecule is COc1cc(C2CCCC2)ccc1N1C(=O)c2cc3c(cc2C1=O)C(=O)C(c1nc2cc4ccccc4cc2c(=O)[nH]1)C3=O. The fraction of sp³-hybridized carbons (Fsp3) is 0.200. The van der Waals surface area contributed by atoms with Crippen molar-refractivity contribution >= 4 is 50.7 Å². The number of aromatic nitrogens is 2. The number of hydrogen-bond donors (Lipinski definition) is 1. The van der Waals surface area contributed by atoms with Crippen LogP contribution in [-0.2, 0) is 0 Å². The normalized spacial score (nSPS) is 16.9. The highest BCUT2D eigenvalue weighted by Gasteiger charge is 2.46. The van der Waals surface area contributed by atoms with Gasteiger partial charge in [0.05, 0.1) is 34.8 Å². The molecule has 1 fully saturated rings. The molecule has 216 valence electrons. The number of nitrogens with zero attached hydrogens (tertiary/aromatic N) is 2. The molecule has 44 heavy (non-hydrogen) atoms. The molecule has 5 aromatic rings. The maximum atomic E-state index is 13.7. The summed E-state index contributed by atoms with van der Waals surface area (Å²) in [6.07, 6.45) is 4.51. The second-order valence-electron chi connectivity index (χ2n) is 11.6. The Morgan fingerprint density at radius 2 is 1.41 bits per heavy atom. The summed E-state index contributed by atoms with van der Waals surface area (Å²) in [6, 6.07) is 19.1. The van der Waals surface area contributed by atoms with Crippen molar-refractivity contribution < 1.29 is 23.9 Å². The van der Waals surface area contributed by atoms with Gasteiger partial charge in [0.2, 0.25) is 0 Å². The lowest BCUT2D eigenvalue weighted by Gasteiger charge is -2.19. The lowest BCUT2D eigenvalue weighted by atomic mass is 9.97. The van der Waals surface area contributed by atoms with E-state index in [4.69, 9.17) is 4.74 Å². The largest absolute Gasteiger partial charge is 0.495 e. The van der Waals surface area contributed by atoms with Gasteiger partial charge in [-0.25, -0.2) is 9.88 Å². The number of methoxy groups -OCH3 is 1. The summed E-state index contributed by atoms with van der Waals surface area (Å²) in [5.41, 5.74) is 1.40. The third-order valence-electron chi connectivity index (χ3n) is 9.22. The number of ether oxygens (including phenoxy) is 1. The van der Waals surface area contributed by atoms with Crippen LogP contribution in [0.5, 0.6) is 5.75 Å². The number of Topliss-reactive ketones (excluding diaryl/α,β-unsaturated/α-hetero) is 2. The van der Waals surface area contributed by atoms with E-state index in [-0.39, 0.29) is 28.1 Å². The van der Waals surface area contributed by atoms with E-state index in [1.807, 2.05) is 36.4 Å². The fourth-order valence-corrected chi connectivity index (χ4v) is 6.96. The molecule has 0 atom stereocenters. The number of imide groups is 1. The molecule has 2 amide bonds. The van der Waals surface area contributed by atoms with Gasteiger partial charge in [-0.3, -0.25) is 24.0 Å². The highest BCUT2D eigenvalue weighted by Crippen LogP contribution is 2.42. The number of anilines is 1. The smallest absolute Gasteiger partial charge is 0.266 e. The van der Waals surface area contributed by atoms with Gasteiger partial charge in [-0.05, 0) is 71.5 Å². The number of carbonyl (C=O) groups is 4. The summed E-state index contributed by atoms with van der Waals surface area (Å²) in [6.45, 7) is 0. The van der Waals surface area contributed by atoms with E-state index in [0.29, 0.717) is 28.3 Å². The van der Waals surface area contributed by atoms with E-state index < -0.39 is 34.9 Å². The first-order valence-electron chi connectivity index (χ1n) is 14.6. The zero-order chi connectivity index (χ0) is 30.3. The summed E-state index contributed by atoms with van der Waals surface area (Å²) in [5.74, 6) is -3.03. The predicted molar refractivity (Wildman–Crippen MR) is 163 cm³/mol.